The minimum absolute atomic E-state index is 0.0265. The molecule has 7 nitrogen and oxygen atoms in total. The van der Waals surface area contributed by atoms with Crippen molar-refractivity contribution < 1.29 is 31.5 Å². The molecule has 1 aliphatic carbocycles. The van der Waals surface area contributed by atoms with Crippen LogP contribution in [0, 0.1) is 17.6 Å². The van der Waals surface area contributed by atoms with Gasteiger partial charge in [-0.1, -0.05) is 0 Å². The van der Waals surface area contributed by atoms with Crippen LogP contribution in [0.25, 0.3) is 0 Å². The van der Waals surface area contributed by atoms with Crippen molar-refractivity contribution in [2.24, 2.45) is 5.92 Å². The zero-order valence-electron chi connectivity index (χ0n) is 19.2. The lowest BCUT2D eigenvalue weighted by Crippen LogP contribution is -2.45. The molecule has 10 heteroatoms. The molecule has 0 spiro atoms. The van der Waals surface area contributed by atoms with Crippen LogP contribution >= 0.6 is 0 Å². The molecule has 1 saturated heterocycles. The number of sulfonamides is 1. The van der Waals surface area contributed by atoms with E-state index in [1.54, 1.807) is 26.4 Å². The highest BCUT2D eigenvalue weighted by molar-refractivity contribution is 7.89. The summed E-state index contributed by atoms with van der Waals surface area (Å²) in [5.41, 5.74) is 0.837. The Balaban J connectivity index is 1.46. The number of nitrogens with zero attached hydrogens (tertiary/aromatic N) is 2. The third-order valence-electron chi connectivity index (χ3n) is 6.41. The van der Waals surface area contributed by atoms with Crippen molar-refractivity contribution in [3.05, 3.63) is 53.6 Å². The van der Waals surface area contributed by atoms with Gasteiger partial charge >= 0.3 is 0 Å². The minimum Gasteiger partial charge on any atom is -0.497 e. The van der Waals surface area contributed by atoms with Crippen molar-refractivity contribution in [3.8, 4) is 11.5 Å². The van der Waals surface area contributed by atoms with E-state index < -0.39 is 26.6 Å². The molecule has 0 radical (unpaired) electrons. The maximum absolute atomic E-state index is 14.1. The Morgan fingerprint density at radius 2 is 1.74 bits per heavy atom. The second kappa shape index (κ2) is 9.87. The molecule has 184 valence electrons. The summed E-state index contributed by atoms with van der Waals surface area (Å²) in [6, 6.07) is 7.97. The number of carbonyl (C=O) groups excluding carboxylic acids is 1. The molecule has 4 rings (SSSR count). The van der Waals surface area contributed by atoms with Gasteiger partial charge < -0.3 is 14.4 Å². The highest BCUT2D eigenvalue weighted by atomic mass is 32.2. The molecular weight excluding hydrogens is 466 g/mol. The molecule has 2 aliphatic rings. The van der Waals surface area contributed by atoms with Crippen LogP contribution in [0.15, 0.2) is 41.3 Å². The molecule has 0 atom stereocenters. The van der Waals surface area contributed by atoms with Crippen molar-refractivity contribution >= 4 is 15.9 Å². The van der Waals surface area contributed by atoms with E-state index in [-0.39, 0.29) is 31.0 Å². The lowest BCUT2D eigenvalue weighted by molar-refractivity contribution is -0.138. The second-order valence-electron chi connectivity index (χ2n) is 8.63. The van der Waals surface area contributed by atoms with Crippen LogP contribution in [0.1, 0.15) is 31.2 Å². The molecule has 0 bridgehead atoms. The van der Waals surface area contributed by atoms with Gasteiger partial charge in [0.15, 0.2) is 0 Å². The van der Waals surface area contributed by atoms with E-state index in [1.807, 2.05) is 11.0 Å². The third kappa shape index (κ3) is 5.02. The Labute approximate surface area is 198 Å². The van der Waals surface area contributed by atoms with Gasteiger partial charge in [-0.25, -0.2) is 17.2 Å². The number of rotatable bonds is 8. The van der Waals surface area contributed by atoms with Gasteiger partial charge in [-0.05, 0) is 62.1 Å². The van der Waals surface area contributed by atoms with Crippen molar-refractivity contribution in [2.75, 3.05) is 27.3 Å². The Kier molecular flexibility index (Phi) is 7.09. The average molecular weight is 495 g/mol. The second-order valence-corrected chi connectivity index (χ2v) is 10.5. The molecule has 0 unspecified atom stereocenters. The van der Waals surface area contributed by atoms with E-state index in [4.69, 9.17) is 9.47 Å². The predicted octanol–water partition coefficient (Wildman–Crippen LogP) is 3.57. The van der Waals surface area contributed by atoms with E-state index >= 15 is 0 Å². The minimum atomic E-state index is -4.19. The lowest BCUT2D eigenvalue weighted by Gasteiger charge is -2.34. The first-order chi connectivity index (χ1) is 16.2. The van der Waals surface area contributed by atoms with Crippen molar-refractivity contribution in [2.45, 2.75) is 43.2 Å². The van der Waals surface area contributed by atoms with Crippen LogP contribution in [0.3, 0.4) is 0 Å². The van der Waals surface area contributed by atoms with Crippen molar-refractivity contribution in [1.29, 1.82) is 0 Å². The largest absolute Gasteiger partial charge is 0.497 e. The van der Waals surface area contributed by atoms with E-state index in [2.05, 4.69) is 0 Å². The Bertz CT molecular complexity index is 1160. The van der Waals surface area contributed by atoms with Gasteiger partial charge in [0, 0.05) is 37.2 Å². The Hall–Kier alpha value is -2.72. The lowest BCUT2D eigenvalue weighted by atomic mass is 9.96. The number of halogens is 2. The van der Waals surface area contributed by atoms with Crippen LogP contribution in [-0.4, -0.2) is 56.9 Å². The van der Waals surface area contributed by atoms with Gasteiger partial charge in [0.05, 0.1) is 14.2 Å². The van der Waals surface area contributed by atoms with E-state index in [9.17, 15) is 22.0 Å². The van der Waals surface area contributed by atoms with Crippen molar-refractivity contribution in [1.82, 2.24) is 9.21 Å². The summed E-state index contributed by atoms with van der Waals surface area (Å²) in [7, 11) is -1.04. The molecule has 2 fully saturated rings. The maximum atomic E-state index is 14.1. The third-order valence-corrected chi connectivity index (χ3v) is 8.33. The number of ether oxygens (including phenoxy) is 2. The van der Waals surface area contributed by atoms with Crippen LogP contribution in [0.5, 0.6) is 11.5 Å². The van der Waals surface area contributed by atoms with E-state index in [0.717, 1.165) is 34.8 Å². The zero-order valence-corrected chi connectivity index (χ0v) is 20.0. The van der Waals surface area contributed by atoms with Crippen LogP contribution in [-0.2, 0) is 21.4 Å². The van der Waals surface area contributed by atoms with Crippen molar-refractivity contribution in [3.63, 3.8) is 0 Å². The number of methoxy groups -OCH3 is 2. The first kappa shape index (κ1) is 24.4. The SMILES string of the molecule is COc1ccc(OC)c(CN(C(=O)C2CCN(S(=O)(=O)c3cc(F)ccc3F)CC2)C2CC2)c1. The standard InChI is InChI=1S/C24H28F2N2O5S/c1-32-20-6-8-22(33-2)17(13-20)15-28(19-4-5-19)24(29)16-9-11-27(12-10-16)34(30,31)23-14-18(25)3-7-21(23)26/h3,6-8,13-14,16,19H,4-5,9-12,15H2,1-2H3. The number of benzene rings is 2. The first-order valence-electron chi connectivity index (χ1n) is 11.2. The molecule has 2 aromatic carbocycles. The highest BCUT2D eigenvalue weighted by Gasteiger charge is 2.39. The summed E-state index contributed by atoms with van der Waals surface area (Å²) < 4.78 is 65.3. The van der Waals surface area contributed by atoms with Gasteiger partial charge in [0.2, 0.25) is 15.9 Å². The maximum Gasteiger partial charge on any atom is 0.246 e. The molecular formula is C24H28F2N2O5S. The number of piperidine rings is 1. The molecule has 1 saturated carbocycles. The first-order valence-corrected chi connectivity index (χ1v) is 12.6. The Morgan fingerprint density at radius 3 is 2.35 bits per heavy atom. The number of amides is 1. The molecule has 2 aromatic rings. The molecule has 0 N–H and O–H groups in total. The van der Waals surface area contributed by atoms with E-state index in [0.29, 0.717) is 37.0 Å². The normalized spacial score (nSPS) is 17.4. The molecule has 0 aromatic heterocycles. The fourth-order valence-electron chi connectivity index (χ4n) is 4.35. The summed E-state index contributed by atoms with van der Waals surface area (Å²) in [5, 5.41) is 0. The van der Waals surface area contributed by atoms with E-state index in [1.165, 1.54) is 0 Å². The zero-order chi connectivity index (χ0) is 24.5. The predicted molar refractivity (Wildman–Crippen MR) is 121 cm³/mol. The number of hydrogen-bond acceptors (Lipinski definition) is 5. The van der Waals surface area contributed by atoms with Crippen LogP contribution in [0.4, 0.5) is 8.78 Å². The molecule has 1 amide bonds. The van der Waals surface area contributed by atoms with Gasteiger partial charge in [0.25, 0.3) is 0 Å². The molecule has 1 heterocycles. The fraction of sp³-hybridized carbons (Fsp3) is 0.458. The summed E-state index contributed by atoms with van der Waals surface area (Å²) in [6.07, 6.45) is 2.47. The molecule has 1 aliphatic heterocycles. The highest BCUT2D eigenvalue weighted by Crippen LogP contribution is 2.35. The topological polar surface area (TPSA) is 76.2 Å². The van der Waals surface area contributed by atoms with Crippen LogP contribution < -0.4 is 9.47 Å². The quantitative estimate of drug-likeness (QED) is 0.561. The summed E-state index contributed by atoms with van der Waals surface area (Å²) in [4.78, 5) is 14.6. The average Bonchev–Trinajstić information content (AvgIpc) is 3.68. The van der Waals surface area contributed by atoms with Gasteiger partial charge in [0.1, 0.15) is 28.0 Å². The Morgan fingerprint density at radius 1 is 1.03 bits per heavy atom. The number of hydrogen-bond donors (Lipinski definition) is 0. The summed E-state index contributed by atoms with van der Waals surface area (Å²) in [6.45, 7) is 0.502. The molecule has 34 heavy (non-hydrogen) atoms. The van der Waals surface area contributed by atoms with Gasteiger partial charge in [-0.2, -0.15) is 4.31 Å². The van der Waals surface area contributed by atoms with Gasteiger partial charge in [-0.3, -0.25) is 4.79 Å². The van der Waals surface area contributed by atoms with Gasteiger partial charge in [-0.15, -0.1) is 0 Å². The smallest absolute Gasteiger partial charge is 0.246 e. The fourth-order valence-corrected chi connectivity index (χ4v) is 5.90. The summed E-state index contributed by atoms with van der Waals surface area (Å²) in [5.74, 6) is -0.855. The van der Waals surface area contributed by atoms with Crippen LogP contribution in [0.2, 0.25) is 0 Å². The number of carbonyl (C=O) groups is 1. The monoisotopic (exact) mass is 494 g/mol. The summed E-state index contributed by atoms with van der Waals surface area (Å²) >= 11 is 0.